The first kappa shape index (κ1) is 29.6. The highest BCUT2D eigenvalue weighted by Gasteiger charge is 2.48. The summed E-state index contributed by atoms with van der Waals surface area (Å²) in [6.45, 7) is 1.81. The molecule has 1 aliphatic heterocycles. The van der Waals surface area contributed by atoms with Crippen LogP contribution < -0.4 is 15.1 Å². The number of halogens is 2. The molecule has 3 heterocycles. The average molecular weight is 610 g/mol. The molecule has 1 saturated carbocycles. The van der Waals surface area contributed by atoms with Crippen molar-refractivity contribution in [3.05, 3.63) is 95.9 Å². The predicted molar refractivity (Wildman–Crippen MR) is 161 cm³/mol. The number of H-pyrrole nitrogens is 1. The van der Waals surface area contributed by atoms with Crippen LogP contribution in [-0.4, -0.2) is 50.9 Å². The third-order valence-electron chi connectivity index (χ3n) is 8.24. The SMILES string of the molecule is Cc1ccccc1[C@@H](C(=O)NC1CC(F)(F)C1)N(C(=O)[C@@H]1CCC(=O)N1c1cc(C#N)ccn1)c1cccc(-c2cn[nH]c2)c1. The number of carbonyl (C=O) groups is 3. The Hall–Kier alpha value is -5.44. The van der Waals surface area contributed by atoms with Gasteiger partial charge >= 0.3 is 0 Å². The molecule has 0 bridgehead atoms. The molecule has 0 radical (unpaired) electrons. The normalized spacial score (nSPS) is 18.1. The zero-order valence-electron chi connectivity index (χ0n) is 24.3. The number of nitrogens with one attached hydrogen (secondary N) is 2. The van der Waals surface area contributed by atoms with Crippen LogP contribution in [0, 0.1) is 18.3 Å². The zero-order chi connectivity index (χ0) is 31.7. The van der Waals surface area contributed by atoms with Gasteiger partial charge in [-0.1, -0.05) is 36.4 Å². The fourth-order valence-corrected chi connectivity index (χ4v) is 5.97. The van der Waals surface area contributed by atoms with Crippen molar-refractivity contribution in [1.82, 2.24) is 20.5 Å². The maximum absolute atomic E-state index is 14.9. The number of rotatable bonds is 8. The van der Waals surface area contributed by atoms with E-state index in [9.17, 15) is 28.4 Å². The van der Waals surface area contributed by atoms with Gasteiger partial charge in [0.15, 0.2) is 0 Å². The van der Waals surface area contributed by atoms with Gasteiger partial charge < -0.3 is 5.32 Å². The first-order valence-electron chi connectivity index (χ1n) is 14.5. The number of benzene rings is 2. The Morgan fingerprint density at radius 1 is 1.13 bits per heavy atom. The summed E-state index contributed by atoms with van der Waals surface area (Å²) >= 11 is 0. The number of hydrogen-bond acceptors (Lipinski definition) is 6. The van der Waals surface area contributed by atoms with E-state index >= 15 is 0 Å². The van der Waals surface area contributed by atoms with E-state index in [2.05, 4.69) is 20.5 Å². The monoisotopic (exact) mass is 609 g/mol. The zero-order valence-corrected chi connectivity index (χ0v) is 24.3. The Morgan fingerprint density at radius 2 is 1.93 bits per heavy atom. The highest BCUT2D eigenvalue weighted by atomic mass is 19.3. The topological polar surface area (TPSA) is 135 Å². The number of aromatic amines is 1. The minimum atomic E-state index is -2.86. The van der Waals surface area contributed by atoms with E-state index in [1.165, 1.54) is 28.1 Å². The van der Waals surface area contributed by atoms with Crippen LogP contribution in [0.3, 0.4) is 0 Å². The number of pyridine rings is 1. The number of alkyl halides is 2. The lowest BCUT2D eigenvalue weighted by atomic mass is 9.87. The fraction of sp³-hybridized carbons (Fsp3) is 0.273. The van der Waals surface area contributed by atoms with Gasteiger partial charge in [0, 0.05) is 48.9 Å². The Kier molecular flexibility index (Phi) is 7.85. The van der Waals surface area contributed by atoms with Gasteiger partial charge in [0.05, 0.1) is 17.8 Å². The molecule has 3 amide bonds. The number of carbonyl (C=O) groups excluding carboxylic acids is 3. The van der Waals surface area contributed by atoms with Gasteiger partial charge in [0.2, 0.25) is 11.8 Å². The van der Waals surface area contributed by atoms with Crippen LogP contribution in [0.25, 0.3) is 11.1 Å². The second-order valence-corrected chi connectivity index (χ2v) is 11.3. The third-order valence-corrected chi connectivity index (χ3v) is 8.24. The molecule has 1 saturated heterocycles. The maximum atomic E-state index is 14.9. The van der Waals surface area contributed by atoms with E-state index in [0.717, 1.165) is 5.56 Å². The molecule has 45 heavy (non-hydrogen) atoms. The summed E-state index contributed by atoms with van der Waals surface area (Å²) in [4.78, 5) is 49.1. The summed E-state index contributed by atoms with van der Waals surface area (Å²) in [5.74, 6) is -4.24. The van der Waals surface area contributed by atoms with Crippen LogP contribution in [0.5, 0.6) is 0 Å². The molecular formula is C33H29F2N7O3. The van der Waals surface area contributed by atoms with Gasteiger partial charge in [0.25, 0.3) is 11.8 Å². The molecule has 0 spiro atoms. The van der Waals surface area contributed by atoms with Crippen LogP contribution in [0.1, 0.15) is 48.4 Å². The highest BCUT2D eigenvalue weighted by molar-refractivity contribution is 6.11. The van der Waals surface area contributed by atoms with E-state index in [-0.39, 0.29) is 30.1 Å². The molecule has 6 rings (SSSR count). The van der Waals surface area contributed by atoms with Gasteiger partial charge in [0.1, 0.15) is 17.9 Å². The summed E-state index contributed by atoms with van der Waals surface area (Å²) < 4.78 is 27.5. The second-order valence-electron chi connectivity index (χ2n) is 11.3. The van der Waals surface area contributed by atoms with Gasteiger partial charge in [-0.3, -0.25) is 29.3 Å². The molecule has 2 aromatic heterocycles. The van der Waals surface area contributed by atoms with Crippen molar-refractivity contribution in [2.24, 2.45) is 0 Å². The third kappa shape index (κ3) is 5.89. The molecule has 228 valence electrons. The van der Waals surface area contributed by atoms with Gasteiger partial charge in [-0.05, 0) is 54.3 Å². The number of amides is 3. The molecular weight excluding hydrogens is 580 g/mol. The lowest BCUT2D eigenvalue weighted by Gasteiger charge is -2.39. The first-order chi connectivity index (χ1) is 21.6. The molecule has 2 atom stereocenters. The molecule has 2 N–H and O–H groups in total. The molecule has 2 aromatic carbocycles. The van der Waals surface area contributed by atoms with Crippen LogP contribution >= 0.6 is 0 Å². The number of nitrogens with zero attached hydrogens (tertiary/aromatic N) is 5. The molecule has 0 unspecified atom stereocenters. The lowest BCUT2D eigenvalue weighted by Crippen LogP contribution is -2.56. The van der Waals surface area contributed by atoms with Gasteiger partial charge in [-0.2, -0.15) is 10.4 Å². The molecule has 4 aromatic rings. The largest absolute Gasteiger partial charge is 0.351 e. The summed E-state index contributed by atoms with van der Waals surface area (Å²) in [5.41, 5.74) is 3.30. The van der Waals surface area contributed by atoms with E-state index < -0.39 is 48.7 Å². The predicted octanol–water partition coefficient (Wildman–Crippen LogP) is 4.84. The van der Waals surface area contributed by atoms with Crippen molar-refractivity contribution in [3.63, 3.8) is 0 Å². The van der Waals surface area contributed by atoms with Crippen LogP contribution in [-0.2, 0) is 14.4 Å². The number of nitriles is 1. The summed E-state index contributed by atoms with van der Waals surface area (Å²) in [7, 11) is 0. The quantitative estimate of drug-likeness (QED) is 0.294. The molecule has 10 nitrogen and oxygen atoms in total. The second kappa shape index (κ2) is 11.9. The van der Waals surface area contributed by atoms with E-state index in [4.69, 9.17) is 0 Å². The fourth-order valence-electron chi connectivity index (χ4n) is 5.97. The standard InChI is InChI=1S/C33H29F2N7O3/c1-20-5-2-3-8-26(20)30(31(44)40-24-15-33(34,35)16-24)41(25-7-4-6-22(14-25)23-18-38-39-19-23)32(45)27-9-10-29(43)42(27)28-13-21(17-36)11-12-37-28/h2-8,11-14,18-19,24,27,30H,9-10,15-16H2,1H3,(H,38,39)(H,40,44)/t27-,30-/m0/s1. The Morgan fingerprint density at radius 3 is 2.64 bits per heavy atom. The molecule has 2 aliphatic rings. The number of anilines is 2. The van der Waals surface area contributed by atoms with Crippen molar-refractivity contribution in [2.75, 3.05) is 9.80 Å². The van der Waals surface area contributed by atoms with Crippen molar-refractivity contribution in [1.29, 1.82) is 5.26 Å². The van der Waals surface area contributed by atoms with E-state index in [1.54, 1.807) is 61.8 Å². The number of aromatic nitrogens is 3. The maximum Gasteiger partial charge on any atom is 0.252 e. The van der Waals surface area contributed by atoms with Crippen LogP contribution in [0.15, 0.2) is 79.3 Å². The highest BCUT2D eigenvalue weighted by Crippen LogP contribution is 2.39. The number of aryl methyl sites for hydroxylation is 1. The van der Waals surface area contributed by atoms with Crippen LogP contribution in [0.2, 0.25) is 0 Å². The van der Waals surface area contributed by atoms with E-state index in [0.29, 0.717) is 22.4 Å². The Bertz CT molecular complexity index is 1800. The first-order valence-corrected chi connectivity index (χ1v) is 14.5. The van der Waals surface area contributed by atoms with Crippen molar-refractivity contribution in [3.8, 4) is 17.2 Å². The summed E-state index contributed by atoms with van der Waals surface area (Å²) in [6.07, 6.45) is 3.92. The number of hydrogen-bond donors (Lipinski definition) is 2. The smallest absolute Gasteiger partial charge is 0.252 e. The van der Waals surface area contributed by atoms with Crippen molar-refractivity contribution < 1.29 is 23.2 Å². The molecule has 2 fully saturated rings. The minimum absolute atomic E-state index is 0.0517. The van der Waals surface area contributed by atoms with Crippen LogP contribution in [0.4, 0.5) is 20.3 Å². The van der Waals surface area contributed by atoms with Gasteiger partial charge in [-0.15, -0.1) is 0 Å². The summed E-state index contributed by atoms with van der Waals surface area (Å²) in [6, 6.07) is 16.0. The minimum Gasteiger partial charge on any atom is -0.351 e. The summed E-state index contributed by atoms with van der Waals surface area (Å²) in [5, 5.41) is 19.0. The lowest BCUT2D eigenvalue weighted by molar-refractivity contribution is -0.133. The Balaban J connectivity index is 1.48. The van der Waals surface area contributed by atoms with Crippen molar-refractivity contribution >= 4 is 29.2 Å². The van der Waals surface area contributed by atoms with Gasteiger partial charge in [-0.25, -0.2) is 13.8 Å². The Labute approximate surface area is 257 Å². The van der Waals surface area contributed by atoms with Crippen molar-refractivity contribution in [2.45, 2.75) is 56.7 Å². The molecule has 1 aliphatic carbocycles. The van der Waals surface area contributed by atoms with E-state index in [1.807, 2.05) is 12.1 Å². The molecule has 12 heteroatoms. The average Bonchev–Trinajstić information content (AvgIpc) is 3.70.